The summed E-state index contributed by atoms with van der Waals surface area (Å²) in [6.07, 6.45) is 0. The van der Waals surface area contributed by atoms with Gasteiger partial charge < -0.3 is 25.8 Å². The van der Waals surface area contributed by atoms with Gasteiger partial charge in [0, 0.05) is 62.8 Å². The normalized spacial score (nSPS) is 13.6. The first kappa shape index (κ1) is 20.2. The molecule has 3 N–H and O–H groups in total. The number of anilines is 4. The van der Waals surface area contributed by atoms with Crippen molar-refractivity contribution in [3.8, 4) is 0 Å². The number of amides is 4. The molecule has 3 rings (SSSR count). The molecule has 1 saturated heterocycles. The highest BCUT2D eigenvalue weighted by atomic mass is 16.2. The highest BCUT2D eigenvalue weighted by Crippen LogP contribution is 2.21. The van der Waals surface area contributed by atoms with E-state index in [9.17, 15) is 14.4 Å². The molecule has 0 spiro atoms. The van der Waals surface area contributed by atoms with Crippen LogP contribution in [0, 0.1) is 0 Å². The van der Waals surface area contributed by atoms with E-state index in [2.05, 4.69) is 20.9 Å². The van der Waals surface area contributed by atoms with Crippen LogP contribution in [0.3, 0.4) is 0 Å². The third-order valence-corrected chi connectivity index (χ3v) is 4.53. The first-order valence-corrected chi connectivity index (χ1v) is 9.47. The third-order valence-electron chi connectivity index (χ3n) is 4.53. The fourth-order valence-electron chi connectivity index (χ4n) is 3.23. The fourth-order valence-corrected chi connectivity index (χ4v) is 3.23. The molecule has 0 atom stereocenters. The molecule has 1 aliphatic rings. The van der Waals surface area contributed by atoms with Gasteiger partial charge in [-0.3, -0.25) is 9.59 Å². The quantitative estimate of drug-likeness (QED) is 0.742. The Morgan fingerprint density at radius 1 is 0.724 bits per heavy atom. The number of nitrogens with one attached hydrogen (secondary N) is 3. The van der Waals surface area contributed by atoms with Gasteiger partial charge >= 0.3 is 6.03 Å². The van der Waals surface area contributed by atoms with Crippen molar-refractivity contribution in [3.05, 3.63) is 48.5 Å². The monoisotopic (exact) mass is 395 g/mol. The van der Waals surface area contributed by atoms with Gasteiger partial charge in [0.05, 0.1) is 0 Å². The molecule has 2 aromatic carbocycles. The van der Waals surface area contributed by atoms with Gasteiger partial charge in [-0.25, -0.2) is 4.79 Å². The Kier molecular flexibility index (Phi) is 6.33. The fraction of sp³-hybridized carbons (Fsp3) is 0.286. The number of urea groups is 1. The van der Waals surface area contributed by atoms with Crippen LogP contribution >= 0.6 is 0 Å². The number of rotatable bonds is 4. The molecular formula is C21H25N5O3. The van der Waals surface area contributed by atoms with Gasteiger partial charge in [-0.2, -0.15) is 0 Å². The first-order valence-electron chi connectivity index (χ1n) is 9.47. The smallest absolute Gasteiger partial charge is 0.321 e. The van der Waals surface area contributed by atoms with E-state index in [0.717, 1.165) is 11.4 Å². The van der Waals surface area contributed by atoms with E-state index in [-0.39, 0.29) is 17.8 Å². The Balaban J connectivity index is 1.56. The molecule has 0 aliphatic carbocycles. The van der Waals surface area contributed by atoms with Crippen LogP contribution in [0.1, 0.15) is 13.8 Å². The van der Waals surface area contributed by atoms with Crippen LogP contribution in [0.5, 0.6) is 0 Å². The van der Waals surface area contributed by atoms with E-state index in [1.807, 2.05) is 24.3 Å². The van der Waals surface area contributed by atoms with Gasteiger partial charge in [0.1, 0.15) is 0 Å². The Morgan fingerprint density at radius 2 is 1.24 bits per heavy atom. The summed E-state index contributed by atoms with van der Waals surface area (Å²) in [5.41, 5.74) is 3.04. The van der Waals surface area contributed by atoms with E-state index in [1.54, 1.807) is 29.2 Å². The maximum Gasteiger partial charge on any atom is 0.321 e. The molecule has 0 unspecified atom stereocenters. The van der Waals surface area contributed by atoms with Crippen LogP contribution in [0.25, 0.3) is 0 Å². The Hall–Kier alpha value is -3.55. The van der Waals surface area contributed by atoms with E-state index in [0.29, 0.717) is 37.6 Å². The molecule has 152 valence electrons. The van der Waals surface area contributed by atoms with Gasteiger partial charge in [-0.1, -0.05) is 12.1 Å². The summed E-state index contributed by atoms with van der Waals surface area (Å²) in [5, 5.41) is 8.37. The zero-order valence-corrected chi connectivity index (χ0v) is 16.6. The van der Waals surface area contributed by atoms with E-state index in [1.165, 1.54) is 13.8 Å². The molecule has 0 radical (unpaired) electrons. The lowest BCUT2D eigenvalue weighted by Gasteiger charge is -2.36. The zero-order valence-electron chi connectivity index (χ0n) is 16.6. The molecule has 29 heavy (non-hydrogen) atoms. The van der Waals surface area contributed by atoms with Crippen molar-refractivity contribution in [3.63, 3.8) is 0 Å². The van der Waals surface area contributed by atoms with E-state index >= 15 is 0 Å². The minimum absolute atomic E-state index is 0.105. The van der Waals surface area contributed by atoms with Crippen LogP contribution in [0.4, 0.5) is 27.5 Å². The van der Waals surface area contributed by atoms with E-state index < -0.39 is 0 Å². The minimum atomic E-state index is -0.170. The lowest BCUT2D eigenvalue weighted by atomic mass is 10.2. The predicted octanol–water partition coefficient (Wildman–Crippen LogP) is 2.96. The van der Waals surface area contributed by atoms with Gasteiger partial charge in [0.15, 0.2) is 0 Å². The average Bonchev–Trinajstić information content (AvgIpc) is 2.67. The van der Waals surface area contributed by atoms with Gasteiger partial charge in [-0.05, 0) is 36.4 Å². The molecule has 4 amide bonds. The number of benzene rings is 2. The Morgan fingerprint density at radius 3 is 1.83 bits per heavy atom. The molecule has 1 aliphatic heterocycles. The largest absolute Gasteiger partial charge is 0.368 e. The number of nitrogens with zero attached hydrogens (tertiary/aromatic N) is 2. The Bertz CT molecular complexity index is 907. The summed E-state index contributed by atoms with van der Waals surface area (Å²) in [7, 11) is 0. The number of hydrogen-bond acceptors (Lipinski definition) is 4. The summed E-state index contributed by atoms with van der Waals surface area (Å²) in [6, 6.07) is 14.6. The van der Waals surface area contributed by atoms with Gasteiger partial charge in [0.25, 0.3) is 0 Å². The maximum atomic E-state index is 12.6. The standard InChI is InChI=1S/C21H25N5O3/c1-15(27)22-17-5-3-6-18(13-17)24-21(29)26-11-9-25(10-12-26)20-8-4-7-19(14-20)23-16(2)28/h3-8,13-14H,9-12H2,1-2H3,(H,22,27)(H,23,28)(H,24,29). The second kappa shape index (κ2) is 9.09. The highest BCUT2D eigenvalue weighted by molar-refractivity contribution is 5.92. The van der Waals surface area contributed by atoms with Crippen LogP contribution in [0.2, 0.25) is 0 Å². The van der Waals surface area contributed by atoms with Crippen molar-refractivity contribution in [1.29, 1.82) is 0 Å². The second-order valence-electron chi connectivity index (χ2n) is 6.90. The molecule has 1 fully saturated rings. The lowest BCUT2D eigenvalue weighted by Crippen LogP contribution is -2.50. The molecular weight excluding hydrogens is 370 g/mol. The molecule has 8 heteroatoms. The second-order valence-corrected chi connectivity index (χ2v) is 6.90. The van der Waals surface area contributed by atoms with Crippen molar-refractivity contribution in [1.82, 2.24) is 4.90 Å². The summed E-state index contributed by atoms with van der Waals surface area (Å²) in [5.74, 6) is -0.265. The molecule has 0 saturated carbocycles. The summed E-state index contributed by atoms with van der Waals surface area (Å²) in [6.45, 7) is 5.49. The lowest BCUT2D eigenvalue weighted by molar-refractivity contribution is -0.115. The van der Waals surface area contributed by atoms with Crippen molar-refractivity contribution < 1.29 is 14.4 Å². The van der Waals surface area contributed by atoms with Crippen LogP contribution in [-0.4, -0.2) is 48.9 Å². The molecule has 2 aromatic rings. The van der Waals surface area contributed by atoms with Gasteiger partial charge in [0.2, 0.25) is 11.8 Å². The summed E-state index contributed by atoms with van der Waals surface area (Å²) < 4.78 is 0. The van der Waals surface area contributed by atoms with Crippen LogP contribution < -0.4 is 20.9 Å². The van der Waals surface area contributed by atoms with Crippen molar-refractivity contribution >= 4 is 40.6 Å². The topological polar surface area (TPSA) is 93.8 Å². The number of hydrogen-bond donors (Lipinski definition) is 3. The van der Waals surface area contributed by atoms with Crippen LogP contribution in [-0.2, 0) is 9.59 Å². The molecule has 8 nitrogen and oxygen atoms in total. The number of carbonyl (C=O) groups excluding carboxylic acids is 3. The van der Waals surface area contributed by atoms with Crippen molar-refractivity contribution in [2.24, 2.45) is 0 Å². The highest BCUT2D eigenvalue weighted by Gasteiger charge is 2.21. The Labute approximate surface area is 169 Å². The predicted molar refractivity (Wildman–Crippen MR) is 114 cm³/mol. The molecule has 0 bridgehead atoms. The first-order chi connectivity index (χ1) is 13.9. The minimum Gasteiger partial charge on any atom is -0.368 e. The van der Waals surface area contributed by atoms with Crippen molar-refractivity contribution in [2.45, 2.75) is 13.8 Å². The van der Waals surface area contributed by atoms with Gasteiger partial charge in [-0.15, -0.1) is 0 Å². The summed E-state index contributed by atoms with van der Waals surface area (Å²) in [4.78, 5) is 39.0. The third kappa shape index (κ3) is 5.71. The zero-order chi connectivity index (χ0) is 20.8. The van der Waals surface area contributed by atoms with Crippen LogP contribution in [0.15, 0.2) is 48.5 Å². The molecule has 0 aromatic heterocycles. The average molecular weight is 395 g/mol. The maximum absolute atomic E-state index is 12.6. The SMILES string of the molecule is CC(=O)Nc1cccc(NC(=O)N2CCN(c3cccc(NC(C)=O)c3)CC2)c1. The molecule has 1 heterocycles. The number of piperazine rings is 1. The summed E-state index contributed by atoms with van der Waals surface area (Å²) >= 11 is 0. The van der Waals surface area contributed by atoms with E-state index in [4.69, 9.17) is 0 Å². The van der Waals surface area contributed by atoms with Crippen molar-refractivity contribution in [2.75, 3.05) is 47.0 Å². The number of carbonyl (C=O) groups is 3.